The minimum absolute atomic E-state index is 0.00880. The summed E-state index contributed by atoms with van der Waals surface area (Å²) in [4.78, 5) is 28.2. The summed E-state index contributed by atoms with van der Waals surface area (Å²) in [6.45, 7) is 3.51. The number of nitrogens with zero attached hydrogens (tertiary/aromatic N) is 2. The summed E-state index contributed by atoms with van der Waals surface area (Å²) >= 11 is 12.0. The van der Waals surface area contributed by atoms with Crippen molar-refractivity contribution in [3.63, 3.8) is 0 Å². The van der Waals surface area contributed by atoms with E-state index in [0.29, 0.717) is 6.42 Å². The summed E-state index contributed by atoms with van der Waals surface area (Å²) in [6, 6.07) is 0. The number of pyridine rings is 2. The Morgan fingerprint density at radius 2 is 2.14 bits per heavy atom. The first kappa shape index (κ1) is 16.7. The van der Waals surface area contributed by atoms with E-state index < -0.39 is 17.6 Å². The summed E-state index contributed by atoms with van der Waals surface area (Å²) in [5.41, 5.74) is -0.532. The Balaban J connectivity index is 2.88. The van der Waals surface area contributed by atoms with Crippen molar-refractivity contribution in [3.05, 3.63) is 38.4 Å². The van der Waals surface area contributed by atoms with E-state index in [1.54, 1.807) is 13.8 Å². The second-order valence-electron chi connectivity index (χ2n) is 4.51. The van der Waals surface area contributed by atoms with Crippen LogP contribution >= 0.6 is 23.2 Å². The summed E-state index contributed by atoms with van der Waals surface area (Å²) in [5.74, 6) is -0.766. The largest absolute Gasteiger partial charge is 0.462 e. The molecule has 0 saturated carbocycles. The molecule has 0 spiro atoms. The lowest BCUT2D eigenvalue weighted by molar-refractivity contribution is 0.0521. The average Bonchev–Trinajstić information content (AvgIpc) is 2.50. The molecule has 1 atom stereocenters. The van der Waals surface area contributed by atoms with Gasteiger partial charge in [0, 0.05) is 12.4 Å². The Kier molecular flexibility index (Phi) is 5.05. The molecule has 118 valence electrons. The monoisotopic (exact) mass is 344 g/mol. The first-order chi connectivity index (χ1) is 10.4. The third kappa shape index (κ3) is 2.82. The molecular formula is C14H14Cl2N2O4. The van der Waals surface area contributed by atoms with Gasteiger partial charge in [0.2, 0.25) is 5.43 Å². The molecule has 1 unspecified atom stereocenters. The number of esters is 1. The zero-order valence-electron chi connectivity index (χ0n) is 12.0. The van der Waals surface area contributed by atoms with Crippen LogP contribution in [0.4, 0.5) is 0 Å². The second-order valence-corrected chi connectivity index (χ2v) is 5.25. The van der Waals surface area contributed by atoms with Gasteiger partial charge in [-0.15, -0.1) is 0 Å². The van der Waals surface area contributed by atoms with Crippen LogP contribution in [-0.4, -0.2) is 27.2 Å². The zero-order valence-corrected chi connectivity index (χ0v) is 13.5. The average molecular weight is 345 g/mol. The maximum atomic E-state index is 12.4. The van der Waals surface area contributed by atoms with Gasteiger partial charge in [-0.2, -0.15) is 0 Å². The number of carbonyl (C=O) groups excluding carboxylic acids is 1. The highest BCUT2D eigenvalue weighted by atomic mass is 35.5. The van der Waals surface area contributed by atoms with Gasteiger partial charge in [0.25, 0.3) is 0 Å². The molecule has 2 heterocycles. The predicted molar refractivity (Wildman–Crippen MR) is 83.5 cm³/mol. The number of aliphatic hydroxyl groups excluding tert-OH is 1. The second kappa shape index (κ2) is 6.64. The molecular weight excluding hydrogens is 331 g/mol. The fourth-order valence-corrected chi connectivity index (χ4v) is 2.45. The van der Waals surface area contributed by atoms with E-state index in [1.165, 1.54) is 17.0 Å². The van der Waals surface area contributed by atoms with Gasteiger partial charge in [-0.25, -0.2) is 9.78 Å². The van der Waals surface area contributed by atoms with Gasteiger partial charge in [0.1, 0.15) is 22.0 Å². The van der Waals surface area contributed by atoms with Crippen LogP contribution in [0, 0.1) is 0 Å². The normalized spacial score (nSPS) is 12.4. The van der Waals surface area contributed by atoms with Crippen molar-refractivity contribution in [1.29, 1.82) is 0 Å². The molecule has 0 aliphatic rings. The van der Waals surface area contributed by atoms with Crippen LogP contribution in [0.2, 0.25) is 10.2 Å². The van der Waals surface area contributed by atoms with Gasteiger partial charge in [-0.05, 0) is 13.3 Å². The number of carbonyl (C=O) groups is 1. The van der Waals surface area contributed by atoms with E-state index in [-0.39, 0.29) is 33.2 Å². The van der Waals surface area contributed by atoms with E-state index >= 15 is 0 Å². The number of rotatable bonds is 4. The third-order valence-electron chi connectivity index (χ3n) is 3.15. The van der Waals surface area contributed by atoms with Gasteiger partial charge in [0.15, 0.2) is 0 Å². The van der Waals surface area contributed by atoms with Gasteiger partial charge >= 0.3 is 5.97 Å². The molecule has 8 heteroatoms. The molecule has 6 nitrogen and oxygen atoms in total. The minimum Gasteiger partial charge on any atom is -0.462 e. The summed E-state index contributed by atoms with van der Waals surface area (Å²) in [5, 5.41) is 10.3. The van der Waals surface area contributed by atoms with Gasteiger partial charge in [-0.3, -0.25) is 4.79 Å². The molecule has 0 fully saturated rings. The van der Waals surface area contributed by atoms with Crippen molar-refractivity contribution in [2.45, 2.75) is 26.5 Å². The van der Waals surface area contributed by atoms with Crippen LogP contribution in [-0.2, 0) is 4.74 Å². The lowest BCUT2D eigenvalue weighted by Gasteiger charge is -2.18. The molecule has 0 saturated heterocycles. The quantitative estimate of drug-likeness (QED) is 0.681. The maximum Gasteiger partial charge on any atom is 0.343 e. The summed E-state index contributed by atoms with van der Waals surface area (Å²) in [6.07, 6.45) is 1.83. The van der Waals surface area contributed by atoms with E-state index in [9.17, 15) is 14.7 Å². The molecule has 0 aromatic carbocycles. The molecule has 2 aromatic rings. The summed E-state index contributed by atoms with van der Waals surface area (Å²) in [7, 11) is 0. The highest BCUT2D eigenvalue weighted by molar-refractivity contribution is 6.44. The molecule has 0 aliphatic carbocycles. The Morgan fingerprint density at radius 3 is 2.73 bits per heavy atom. The van der Waals surface area contributed by atoms with E-state index in [4.69, 9.17) is 27.9 Å². The van der Waals surface area contributed by atoms with Crippen molar-refractivity contribution in [2.24, 2.45) is 0 Å². The van der Waals surface area contributed by atoms with E-state index in [1.807, 2.05) is 0 Å². The standard InChI is InChI=1S/C14H14Cl2N2O4/c1-3-9(19)18-6-8(14(21)22-4-2)12(20)7-5-17-13(16)10(15)11(7)18/h5-6,9,19H,3-4H2,1-2H3. The number of ether oxygens (including phenoxy) is 1. The Morgan fingerprint density at radius 1 is 1.45 bits per heavy atom. The molecule has 1 N–H and O–H groups in total. The number of hydrogen-bond donors (Lipinski definition) is 1. The Labute approximate surface area is 136 Å². The van der Waals surface area contributed by atoms with Crippen molar-refractivity contribution < 1.29 is 14.6 Å². The lowest BCUT2D eigenvalue weighted by atomic mass is 10.1. The van der Waals surface area contributed by atoms with Crippen LogP contribution in [0.25, 0.3) is 10.9 Å². The number of aliphatic hydroxyl groups is 1. The van der Waals surface area contributed by atoms with Gasteiger partial charge < -0.3 is 14.4 Å². The highest BCUT2D eigenvalue weighted by Crippen LogP contribution is 2.29. The Hall–Kier alpha value is -1.63. The van der Waals surface area contributed by atoms with Crippen molar-refractivity contribution in [3.8, 4) is 0 Å². The van der Waals surface area contributed by atoms with Crippen LogP contribution in [0.3, 0.4) is 0 Å². The first-order valence-corrected chi connectivity index (χ1v) is 7.41. The number of aromatic nitrogens is 2. The first-order valence-electron chi connectivity index (χ1n) is 6.66. The molecule has 0 amide bonds. The number of halogens is 2. The van der Waals surface area contributed by atoms with Crippen molar-refractivity contribution >= 4 is 40.1 Å². The van der Waals surface area contributed by atoms with Crippen LogP contribution in [0.5, 0.6) is 0 Å². The smallest absolute Gasteiger partial charge is 0.343 e. The molecule has 0 bridgehead atoms. The lowest BCUT2D eigenvalue weighted by Crippen LogP contribution is -2.23. The van der Waals surface area contributed by atoms with E-state index in [2.05, 4.69) is 4.98 Å². The van der Waals surface area contributed by atoms with Crippen LogP contribution < -0.4 is 5.43 Å². The molecule has 2 aromatic heterocycles. The fourth-order valence-electron chi connectivity index (χ4n) is 2.07. The summed E-state index contributed by atoms with van der Waals surface area (Å²) < 4.78 is 6.20. The van der Waals surface area contributed by atoms with E-state index in [0.717, 1.165) is 0 Å². The minimum atomic E-state index is -0.979. The third-order valence-corrected chi connectivity index (χ3v) is 3.89. The Bertz CT molecular complexity index is 788. The molecule has 0 radical (unpaired) electrons. The SMILES string of the molecule is CCOC(=O)c1cn(C(O)CC)c2c(Cl)c(Cl)ncc2c1=O. The highest BCUT2D eigenvalue weighted by Gasteiger charge is 2.21. The van der Waals surface area contributed by atoms with Gasteiger partial charge in [0.05, 0.1) is 17.5 Å². The topological polar surface area (TPSA) is 81.4 Å². The van der Waals surface area contributed by atoms with Crippen LogP contribution in [0.1, 0.15) is 36.9 Å². The van der Waals surface area contributed by atoms with Gasteiger partial charge in [-0.1, -0.05) is 30.1 Å². The number of fused-ring (bicyclic) bond motifs is 1. The molecule has 22 heavy (non-hydrogen) atoms. The van der Waals surface area contributed by atoms with Crippen molar-refractivity contribution in [2.75, 3.05) is 6.61 Å². The van der Waals surface area contributed by atoms with Crippen LogP contribution in [0.15, 0.2) is 17.2 Å². The molecule has 0 aliphatic heterocycles. The predicted octanol–water partition coefficient (Wildman–Crippen LogP) is 2.78. The number of hydrogen-bond acceptors (Lipinski definition) is 5. The fraction of sp³-hybridized carbons (Fsp3) is 0.357. The van der Waals surface area contributed by atoms with Crippen molar-refractivity contribution in [1.82, 2.24) is 9.55 Å². The maximum absolute atomic E-state index is 12.4. The molecule has 2 rings (SSSR count). The zero-order chi connectivity index (χ0) is 16.4.